The van der Waals surface area contributed by atoms with Gasteiger partial charge in [-0.25, -0.2) is 0 Å². The molecule has 4 nitrogen and oxygen atoms in total. The van der Waals surface area contributed by atoms with Crippen molar-refractivity contribution >= 4 is 17.2 Å². The van der Waals surface area contributed by atoms with Crippen molar-refractivity contribution in [3.63, 3.8) is 0 Å². The Morgan fingerprint density at radius 3 is 2.18 bits per heavy atom. The normalized spacial score (nSPS) is 10.5. The van der Waals surface area contributed by atoms with Crippen LogP contribution in [0.4, 0.5) is 0 Å². The van der Waals surface area contributed by atoms with Crippen molar-refractivity contribution < 1.29 is 4.79 Å². The molecular weight excluding hydrogens is 294 g/mol. The molecule has 110 valence electrons. The van der Waals surface area contributed by atoms with E-state index in [9.17, 15) is 4.79 Å². The minimum absolute atomic E-state index is 0.280. The number of carbonyl (C=O) groups is 1. The minimum Gasteiger partial charge on any atom is -0.370 e. The fourth-order valence-corrected chi connectivity index (χ4v) is 3.50. The Bertz CT molecular complexity index is 769. The third-order valence-electron chi connectivity index (χ3n) is 3.36. The summed E-state index contributed by atoms with van der Waals surface area (Å²) in [5, 5.41) is 0. The number of pyridine rings is 2. The van der Waals surface area contributed by atoms with Gasteiger partial charge in [-0.2, -0.15) is 0 Å². The molecule has 0 spiro atoms. The van der Waals surface area contributed by atoms with Crippen molar-refractivity contribution in [3.8, 4) is 20.9 Å². The quantitative estimate of drug-likeness (QED) is 0.786. The first-order chi connectivity index (χ1) is 10.7. The summed E-state index contributed by atoms with van der Waals surface area (Å²) in [5.41, 5.74) is 8.67. The molecule has 0 saturated carbocycles. The van der Waals surface area contributed by atoms with Gasteiger partial charge >= 0.3 is 0 Å². The standard InChI is InChI=1S/C17H15N3OS/c18-16(21)2-1-14-11-15(12-3-7-19-8-4-12)22-17(14)13-5-9-20-10-6-13/h3-11H,1-2H2,(H2,18,21). The Kier molecular flexibility index (Phi) is 4.25. The van der Waals surface area contributed by atoms with Gasteiger partial charge in [0.05, 0.1) is 0 Å². The lowest BCUT2D eigenvalue weighted by molar-refractivity contribution is -0.117. The lowest BCUT2D eigenvalue weighted by Crippen LogP contribution is -2.11. The van der Waals surface area contributed by atoms with Crippen LogP contribution in [0, 0.1) is 0 Å². The molecule has 1 amide bonds. The number of nitrogens with two attached hydrogens (primary N) is 1. The molecule has 0 aromatic carbocycles. The lowest BCUT2D eigenvalue weighted by atomic mass is 10.1. The zero-order chi connectivity index (χ0) is 15.4. The summed E-state index contributed by atoms with van der Waals surface area (Å²) >= 11 is 1.71. The molecule has 0 aliphatic carbocycles. The number of amides is 1. The van der Waals surface area contributed by atoms with E-state index in [0.29, 0.717) is 12.8 Å². The minimum atomic E-state index is -0.280. The van der Waals surface area contributed by atoms with Crippen molar-refractivity contribution in [2.75, 3.05) is 0 Å². The summed E-state index contributed by atoms with van der Waals surface area (Å²) in [6, 6.07) is 10.1. The van der Waals surface area contributed by atoms with Crippen LogP contribution in [0.1, 0.15) is 12.0 Å². The van der Waals surface area contributed by atoms with Gasteiger partial charge in [-0.1, -0.05) is 0 Å². The van der Waals surface area contributed by atoms with E-state index in [1.54, 1.807) is 36.1 Å². The number of rotatable bonds is 5. The zero-order valence-corrected chi connectivity index (χ0v) is 12.7. The molecule has 3 aromatic heterocycles. The summed E-state index contributed by atoms with van der Waals surface area (Å²) < 4.78 is 0. The molecule has 3 aromatic rings. The molecule has 3 rings (SSSR count). The van der Waals surface area contributed by atoms with E-state index >= 15 is 0 Å². The average Bonchev–Trinajstić information content (AvgIpc) is 2.99. The second kappa shape index (κ2) is 6.49. The number of aromatic nitrogens is 2. The topological polar surface area (TPSA) is 68.9 Å². The number of carbonyl (C=O) groups excluding carboxylic acids is 1. The van der Waals surface area contributed by atoms with Gasteiger partial charge in [0.1, 0.15) is 0 Å². The van der Waals surface area contributed by atoms with Crippen LogP contribution < -0.4 is 5.73 Å². The highest BCUT2D eigenvalue weighted by molar-refractivity contribution is 7.19. The highest BCUT2D eigenvalue weighted by Crippen LogP contribution is 2.38. The van der Waals surface area contributed by atoms with E-state index < -0.39 is 0 Å². The van der Waals surface area contributed by atoms with E-state index in [1.165, 1.54) is 0 Å². The summed E-state index contributed by atoms with van der Waals surface area (Å²) in [5.74, 6) is -0.280. The maximum atomic E-state index is 11.1. The first kappa shape index (κ1) is 14.4. The Labute approximate surface area is 132 Å². The molecule has 2 N–H and O–H groups in total. The lowest BCUT2D eigenvalue weighted by Gasteiger charge is -2.02. The zero-order valence-electron chi connectivity index (χ0n) is 11.9. The Morgan fingerprint density at radius 2 is 1.59 bits per heavy atom. The van der Waals surface area contributed by atoms with Gasteiger partial charge in [0.2, 0.25) is 5.91 Å². The van der Waals surface area contributed by atoms with Crippen LogP contribution in [0.2, 0.25) is 0 Å². The monoisotopic (exact) mass is 309 g/mol. The third kappa shape index (κ3) is 3.20. The van der Waals surface area contributed by atoms with Crippen molar-refractivity contribution in [1.82, 2.24) is 9.97 Å². The largest absolute Gasteiger partial charge is 0.370 e. The van der Waals surface area contributed by atoms with Crippen molar-refractivity contribution in [2.45, 2.75) is 12.8 Å². The number of aryl methyl sites for hydroxylation is 1. The van der Waals surface area contributed by atoms with Crippen LogP contribution >= 0.6 is 11.3 Å². The average molecular weight is 309 g/mol. The number of thiophene rings is 1. The molecular formula is C17H15N3OS. The molecule has 0 fully saturated rings. The summed E-state index contributed by atoms with van der Waals surface area (Å²) in [6.45, 7) is 0. The van der Waals surface area contributed by atoms with Crippen LogP contribution in [0.15, 0.2) is 55.1 Å². The molecule has 22 heavy (non-hydrogen) atoms. The number of hydrogen-bond acceptors (Lipinski definition) is 4. The Hall–Kier alpha value is -2.53. The van der Waals surface area contributed by atoms with E-state index in [4.69, 9.17) is 5.73 Å². The third-order valence-corrected chi connectivity index (χ3v) is 4.63. The van der Waals surface area contributed by atoms with Crippen molar-refractivity contribution in [2.24, 2.45) is 5.73 Å². The van der Waals surface area contributed by atoms with Gasteiger partial charge in [0.15, 0.2) is 0 Å². The fourth-order valence-electron chi connectivity index (χ4n) is 2.28. The molecule has 0 atom stereocenters. The fraction of sp³-hybridized carbons (Fsp3) is 0.118. The molecule has 3 heterocycles. The Morgan fingerprint density at radius 1 is 1.00 bits per heavy atom. The highest BCUT2D eigenvalue weighted by Gasteiger charge is 2.13. The van der Waals surface area contributed by atoms with Crippen molar-refractivity contribution in [3.05, 3.63) is 60.7 Å². The van der Waals surface area contributed by atoms with E-state index in [2.05, 4.69) is 16.0 Å². The highest BCUT2D eigenvalue weighted by atomic mass is 32.1. The van der Waals surface area contributed by atoms with E-state index in [-0.39, 0.29) is 5.91 Å². The molecule has 5 heteroatoms. The van der Waals surface area contributed by atoms with Crippen LogP contribution in [-0.4, -0.2) is 15.9 Å². The van der Waals surface area contributed by atoms with Gasteiger partial charge in [0.25, 0.3) is 0 Å². The molecule has 0 saturated heterocycles. The molecule has 0 radical (unpaired) electrons. The van der Waals surface area contributed by atoms with Gasteiger partial charge in [-0.05, 0) is 53.4 Å². The maximum Gasteiger partial charge on any atom is 0.217 e. The molecule has 0 unspecified atom stereocenters. The Balaban J connectivity index is 2.03. The molecule has 0 aliphatic rings. The predicted octanol–water partition coefficient (Wildman–Crippen LogP) is 3.29. The predicted molar refractivity (Wildman–Crippen MR) is 88.3 cm³/mol. The summed E-state index contributed by atoms with van der Waals surface area (Å²) in [4.78, 5) is 21.5. The number of primary amides is 1. The van der Waals surface area contributed by atoms with Gasteiger partial charge in [0, 0.05) is 41.0 Å². The first-order valence-corrected chi connectivity index (χ1v) is 7.77. The van der Waals surface area contributed by atoms with Gasteiger partial charge in [-0.3, -0.25) is 14.8 Å². The van der Waals surface area contributed by atoms with Gasteiger partial charge < -0.3 is 5.73 Å². The molecule has 0 bridgehead atoms. The van der Waals surface area contributed by atoms with Crippen molar-refractivity contribution in [1.29, 1.82) is 0 Å². The number of nitrogens with zero attached hydrogens (tertiary/aromatic N) is 2. The van der Waals surface area contributed by atoms with Gasteiger partial charge in [-0.15, -0.1) is 11.3 Å². The smallest absolute Gasteiger partial charge is 0.217 e. The summed E-state index contributed by atoms with van der Waals surface area (Å²) in [6.07, 6.45) is 8.12. The first-order valence-electron chi connectivity index (χ1n) is 6.96. The van der Waals surface area contributed by atoms with Crippen LogP contribution in [0.5, 0.6) is 0 Å². The maximum absolute atomic E-state index is 11.1. The SMILES string of the molecule is NC(=O)CCc1cc(-c2ccncc2)sc1-c1ccncc1. The van der Waals surface area contributed by atoms with Crippen LogP contribution in [0.3, 0.4) is 0 Å². The second-order valence-electron chi connectivity index (χ2n) is 4.90. The second-order valence-corrected chi connectivity index (χ2v) is 5.96. The van der Waals surface area contributed by atoms with E-state index in [0.717, 1.165) is 26.4 Å². The summed E-state index contributed by atoms with van der Waals surface area (Å²) in [7, 11) is 0. The number of hydrogen-bond donors (Lipinski definition) is 1. The van der Waals surface area contributed by atoms with Crippen LogP contribution in [0.25, 0.3) is 20.9 Å². The van der Waals surface area contributed by atoms with E-state index in [1.807, 2.05) is 24.3 Å². The molecule has 0 aliphatic heterocycles. The van der Waals surface area contributed by atoms with Crippen LogP contribution in [-0.2, 0) is 11.2 Å².